The standard InChI is InChI=1S/C16H21NO3/c18-14-6-5-11-3-1-2-4-13(11)15(14)12-7-9-17(10-8-12)16(19)20/h1-4,12,14-15,18H,5-10H2,(H,19,20)/p-1. The Kier molecular flexibility index (Phi) is 3.66. The first kappa shape index (κ1) is 13.4. The molecule has 1 fully saturated rings. The normalized spacial score (nSPS) is 27.1. The molecule has 0 saturated carbocycles. The Morgan fingerprint density at radius 2 is 1.90 bits per heavy atom. The zero-order valence-electron chi connectivity index (χ0n) is 11.5. The van der Waals surface area contributed by atoms with Crippen LogP contribution in [0.4, 0.5) is 4.79 Å². The summed E-state index contributed by atoms with van der Waals surface area (Å²) in [6, 6.07) is 8.34. The number of amides is 1. The van der Waals surface area contributed by atoms with Crippen molar-refractivity contribution in [2.75, 3.05) is 13.1 Å². The fraction of sp³-hybridized carbons (Fsp3) is 0.562. The molecule has 1 N–H and O–H groups in total. The molecule has 1 aromatic carbocycles. The Morgan fingerprint density at radius 3 is 2.60 bits per heavy atom. The number of carbonyl (C=O) groups excluding carboxylic acids is 1. The minimum atomic E-state index is -1.08. The molecule has 4 nitrogen and oxygen atoms in total. The number of likely N-dealkylation sites (tertiary alicyclic amines) is 1. The average Bonchev–Trinajstić information content (AvgIpc) is 2.47. The fourth-order valence-corrected chi connectivity index (χ4v) is 3.79. The SMILES string of the molecule is O=C([O-])N1CCC(C2c3ccccc3CCC2O)CC1. The number of piperidine rings is 1. The number of fused-ring (bicyclic) bond motifs is 1. The van der Waals surface area contributed by atoms with Gasteiger partial charge in [-0.1, -0.05) is 24.3 Å². The molecular weight excluding hydrogens is 254 g/mol. The van der Waals surface area contributed by atoms with Gasteiger partial charge >= 0.3 is 0 Å². The summed E-state index contributed by atoms with van der Waals surface area (Å²) >= 11 is 0. The van der Waals surface area contributed by atoms with Crippen LogP contribution in [0.25, 0.3) is 0 Å². The highest BCUT2D eigenvalue weighted by molar-refractivity contribution is 5.62. The van der Waals surface area contributed by atoms with Crippen molar-refractivity contribution in [3.63, 3.8) is 0 Å². The lowest BCUT2D eigenvalue weighted by atomic mass is 9.71. The van der Waals surface area contributed by atoms with Crippen molar-refractivity contribution in [1.82, 2.24) is 4.90 Å². The number of rotatable bonds is 1. The van der Waals surface area contributed by atoms with Crippen molar-refractivity contribution in [1.29, 1.82) is 0 Å². The molecule has 2 atom stereocenters. The number of hydrogen-bond acceptors (Lipinski definition) is 3. The average molecular weight is 274 g/mol. The van der Waals surface area contributed by atoms with Crippen LogP contribution < -0.4 is 5.11 Å². The van der Waals surface area contributed by atoms with E-state index in [4.69, 9.17) is 0 Å². The molecule has 2 unspecified atom stereocenters. The molecule has 1 amide bonds. The van der Waals surface area contributed by atoms with E-state index >= 15 is 0 Å². The van der Waals surface area contributed by atoms with Gasteiger partial charge in [-0.05, 0) is 42.7 Å². The maximum absolute atomic E-state index is 10.9. The van der Waals surface area contributed by atoms with Gasteiger partial charge in [0.25, 0.3) is 0 Å². The Labute approximate surface area is 119 Å². The summed E-state index contributed by atoms with van der Waals surface area (Å²) in [6.07, 6.45) is 1.99. The zero-order valence-corrected chi connectivity index (χ0v) is 11.5. The number of carboxylic acid groups (broad SMARTS) is 1. The Hall–Kier alpha value is -1.55. The van der Waals surface area contributed by atoms with Crippen LogP contribution in [0.5, 0.6) is 0 Å². The fourth-order valence-electron chi connectivity index (χ4n) is 3.79. The minimum absolute atomic E-state index is 0.156. The van der Waals surface area contributed by atoms with E-state index in [-0.39, 0.29) is 12.0 Å². The highest BCUT2D eigenvalue weighted by Gasteiger charge is 2.35. The molecule has 1 saturated heterocycles. The summed E-state index contributed by atoms with van der Waals surface area (Å²) < 4.78 is 0. The van der Waals surface area contributed by atoms with Gasteiger partial charge in [0.2, 0.25) is 0 Å². The summed E-state index contributed by atoms with van der Waals surface area (Å²) in [5, 5.41) is 21.3. The number of hydrogen-bond donors (Lipinski definition) is 1. The molecule has 3 rings (SSSR count). The largest absolute Gasteiger partial charge is 0.530 e. The molecule has 108 valence electrons. The van der Waals surface area contributed by atoms with Crippen LogP contribution in [-0.4, -0.2) is 35.3 Å². The van der Waals surface area contributed by atoms with Crippen LogP contribution in [0.15, 0.2) is 24.3 Å². The van der Waals surface area contributed by atoms with Crippen LogP contribution in [0.1, 0.15) is 36.3 Å². The second kappa shape index (κ2) is 5.44. The monoisotopic (exact) mass is 274 g/mol. The zero-order chi connectivity index (χ0) is 14.1. The molecule has 0 spiro atoms. The third kappa shape index (κ3) is 2.40. The van der Waals surface area contributed by atoms with Crippen molar-refractivity contribution >= 4 is 6.09 Å². The number of carbonyl (C=O) groups is 1. The van der Waals surface area contributed by atoms with Crippen molar-refractivity contribution in [3.8, 4) is 0 Å². The van der Waals surface area contributed by atoms with Crippen LogP contribution in [0, 0.1) is 5.92 Å². The molecule has 1 aliphatic carbocycles. The molecule has 4 heteroatoms. The van der Waals surface area contributed by atoms with E-state index in [0.717, 1.165) is 25.7 Å². The van der Waals surface area contributed by atoms with Crippen molar-refractivity contribution in [2.24, 2.45) is 5.92 Å². The summed E-state index contributed by atoms with van der Waals surface area (Å²) in [5.41, 5.74) is 2.60. The molecule has 20 heavy (non-hydrogen) atoms. The third-order valence-corrected chi connectivity index (χ3v) is 4.84. The van der Waals surface area contributed by atoms with E-state index in [0.29, 0.717) is 19.0 Å². The van der Waals surface area contributed by atoms with Gasteiger partial charge in [-0.2, -0.15) is 0 Å². The first-order valence-corrected chi connectivity index (χ1v) is 7.38. The highest BCUT2D eigenvalue weighted by Crippen LogP contribution is 2.41. The van der Waals surface area contributed by atoms with Gasteiger partial charge < -0.3 is 19.9 Å². The first-order valence-electron chi connectivity index (χ1n) is 7.38. The molecule has 0 bridgehead atoms. The molecule has 2 aliphatic rings. The minimum Gasteiger partial charge on any atom is -0.530 e. The number of aliphatic hydroxyl groups excluding tert-OH is 1. The van der Waals surface area contributed by atoms with Crippen molar-refractivity contribution in [2.45, 2.75) is 37.7 Å². The second-order valence-corrected chi connectivity index (χ2v) is 5.92. The quantitative estimate of drug-likeness (QED) is 0.835. The van der Waals surface area contributed by atoms with E-state index in [9.17, 15) is 15.0 Å². The molecule has 0 aromatic heterocycles. The predicted octanol–water partition coefficient (Wildman–Crippen LogP) is 1.13. The summed E-state index contributed by atoms with van der Waals surface area (Å²) in [6.45, 7) is 1.05. The third-order valence-electron chi connectivity index (χ3n) is 4.84. The van der Waals surface area contributed by atoms with Gasteiger partial charge in [0.05, 0.1) is 6.10 Å². The topological polar surface area (TPSA) is 63.6 Å². The Balaban J connectivity index is 1.79. The number of aliphatic hydroxyl groups is 1. The number of benzene rings is 1. The van der Waals surface area contributed by atoms with Crippen LogP contribution in [0.3, 0.4) is 0 Å². The van der Waals surface area contributed by atoms with E-state index in [1.165, 1.54) is 16.0 Å². The molecule has 1 heterocycles. The van der Waals surface area contributed by atoms with Crippen LogP contribution >= 0.6 is 0 Å². The number of aryl methyl sites for hydroxylation is 1. The molecular formula is C16H20NO3-. The Morgan fingerprint density at radius 1 is 1.20 bits per heavy atom. The van der Waals surface area contributed by atoms with E-state index in [2.05, 4.69) is 12.1 Å². The van der Waals surface area contributed by atoms with Gasteiger partial charge in [0.1, 0.15) is 6.09 Å². The number of nitrogens with zero attached hydrogens (tertiary/aromatic N) is 1. The maximum atomic E-state index is 10.9. The summed E-state index contributed by atoms with van der Waals surface area (Å²) in [5.74, 6) is 0.519. The van der Waals surface area contributed by atoms with Gasteiger partial charge in [-0.15, -0.1) is 0 Å². The van der Waals surface area contributed by atoms with Crippen LogP contribution in [-0.2, 0) is 6.42 Å². The van der Waals surface area contributed by atoms with E-state index < -0.39 is 6.09 Å². The van der Waals surface area contributed by atoms with Crippen molar-refractivity contribution < 1.29 is 15.0 Å². The summed E-state index contributed by atoms with van der Waals surface area (Å²) in [4.78, 5) is 12.2. The van der Waals surface area contributed by atoms with Gasteiger partial charge in [-0.3, -0.25) is 0 Å². The van der Waals surface area contributed by atoms with Gasteiger partial charge in [-0.25, -0.2) is 0 Å². The Bertz CT molecular complexity index is 494. The predicted molar refractivity (Wildman–Crippen MR) is 73.2 cm³/mol. The molecule has 0 radical (unpaired) electrons. The first-order chi connectivity index (χ1) is 9.66. The molecule has 1 aromatic rings. The lowest BCUT2D eigenvalue weighted by molar-refractivity contribution is -0.266. The maximum Gasteiger partial charge on any atom is 0.136 e. The van der Waals surface area contributed by atoms with Crippen molar-refractivity contribution in [3.05, 3.63) is 35.4 Å². The lowest BCUT2D eigenvalue weighted by Gasteiger charge is -2.41. The smallest absolute Gasteiger partial charge is 0.136 e. The van der Waals surface area contributed by atoms with Crippen LogP contribution in [0.2, 0.25) is 0 Å². The van der Waals surface area contributed by atoms with E-state index in [1.54, 1.807) is 0 Å². The van der Waals surface area contributed by atoms with Gasteiger partial charge in [0.15, 0.2) is 0 Å². The van der Waals surface area contributed by atoms with Gasteiger partial charge in [0, 0.05) is 19.0 Å². The lowest BCUT2D eigenvalue weighted by Crippen LogP contribution is -2.47. The molecule has 1 aliphatic heterocycles. The second-order valence-electron chi connectivity index (χ2n) is 5.92. The van der Waals surface area contributed by atoms with E-state index in [1.807, 2.05) is 12.1 Å². The highest BCUT2D eigenvalue weighted by atomic mass is 16.4. The summed E-state index contributed by atoms with van der Waals surface area (Å²) in [7, 11) is 0.